The summed E-state index contributed by atoms with van der Waals surface area (Å²) < 4.78 is 1.29. The molecule has 0 radical (unpaired) electrons. The van der Waals surface area contributed by atoms with Gasteiger partial charge in [-0.1, -0.05) is 24.3 Å². The highest BCUT2D eigenvalue weighted by atomic mass is 32.1. The molecule has 3 heteroatoms. The van der Waals surface area contributed by atoms with Crippen LogP contribution in [0.2, 0.25) is 0 Å². The molecule has 4 rings (SSSR count). The highest BCUT2D eigenvalue weighted by molar-refractivity contribution is 7.22. The van der Waals surface area contributed by atoms with E-state index in [-0.39, 0.29) is 0 Å². The van der Waals surface area contributed by atoms with Crippen LogP contribution in [0.25, 0.3) is 36.3 Å². The van der Waals surface area contributed by atoms with Crippen molar-refractivity contribution < 1.29 is 0 Å². The van der Waals surface area contributed by atoms with Crippen molar-refractivity contribution in [3.05, 3.63) is 66.1 Å². The quantitative estimate of drug-likeness (QED) is 0.436. The number of H-pyrrole nitrogens is 1. The molecule has 2 aromatic heterocycles. The Kier molecular flexibility index (Phi) is 2.38. The van der Waals surface area contributed by atoms with Gasteiger partial charge in [0, 0.05) is 26.9 Å². The molecule has 0 saturated carbocycles. The minimum atomic E-state index is 0.680. The number of hydrogen-bond donors (Lipinski definition) is 1. The fourth-order valence-electron chi connectivity index (χ4n) is 2.50. The summed E-state index contributed by atoms with van der Waals surface area (Å²) in [4.78, 5) is 8.04. The summed E-state index contributed by atoms with van der Waals surface area (Å²) >= 11 is 1.79. The minimum absolute atomic E-state index is 0.680. The molecule has 0 atom stereocenters. The zero-order chi connectivity index (χ0) is 13.5. The Labute approximate surface area is 120 Å². The molecule has 0 unspecified atom stereocenters. The van der Waals surface area contributed by atoms with E-state index in [2.05, 4.69) is 40.2 Å². The van der Waals surface area contributed by atoms with E-state index in [1.165, 1.54) is 20.5 Å². The van der Waals surface area contributed by atoms with Gasteiger partial charge in [-0.3, -0.25) is 0 Å². The van der Waals surface area contributed by atoms with Crippen molar-refractivity contribution in [1.29, 1.82) is 0 Å². The van der Waals surface area contributed by atoms with Gasteiger partial charge in [-0.2, -0.15) is 0 Å². The van der Waals surface area contributed by atoms with Crippen LogP contribution in [-0.2, 0) is 0 Å². The van der Waals surface area contributed by atoms with Crippen LogP contribution in [0.4, 0.5) is 5.69 Å². The largest absolute Gasteiger partial charge is 0.361 e. The molecule has 4 aromatic rings. The molecule has 2 heterocycles. The van der Waals surface area contributed by atoms with Crippen molar-refractivity contribution in [3.8, 4) is 10.4 Å². The molecule has 94 valence electrons. The van der Waals surface area contributed by atoms with Gasteiger partial charge < -0.3 is 4.98 Å². The number of aromatic nitrogens is 1. The summed E-state index contributed by atoms with van der Waals surface area (Å²) in [5.74, 6) is 0. The molecule has 0 amide bonds. The van der Waals surface area contributed by atoms with Gasteiger partial charge >= 0.3 is 0 Å². The number of thiophene rings is 1. The van der Waals surface area contributed by atoms with Crippen LogP contribution in [0.15, 0.2) is 54.7 Å². The third-order valence-corrected chi connectivity index (χ3v) is 4.63. The average Bonchev–Trinajstić information content (AvgIpc) is 3.09. The maximum absolute atomic E-state index is 7.15. The monoisotopic (exact) mass is 274 g/mol. The van der Waals surface area contributed by atoms with Gasteiger partial charge in [-0.15, -0.1) is 11.3 Å². The predicted molar refractivity (Wildman–Crippen MR) is 85.4 cm³/mol. The van der Waals surface area contributed by atoms with Crippen LogP contribution < -0.4 is 0 Å². The SMILES string of the molecule is [C-]#[N+]c1ccc2[nH]cc(-c3cc4ccccc4s3)c2c1. The van der Waals surface area contributed by atoms with Gasteiger partial charge in [-0.25, -0.2) is 4.85 Å². The molecule has 0 spiro atoms. The Bertz CT molecular complexity index is 936. The summed E-state index contributed by atoms with van der Waals surface area (Å²) in [7, 11) is 0. The summed E-state index contributed by atoms with van der Waals surface area (Å²) in [5.41, 5.74) is 2.93. The summed E-state index contributed by atoms with van der Waals surface area (Å²) in [6, 6.07) is 16.4. The fourth-order valence-corrected chi connectivity index (χ4v) is 3.59. The van der Waals surface area contributed by atoms with Crippen molar-refractivity contribution in [3.63, 3.8) is 0 Å². The fraction of sp³-hybridized carbons (Fsp3) is 0. The minimum Gasteiger partial charge on any atom is -0.361 e. The topological polar surface area (TPSA) is 20.1 Å². The number of benzene rings is 2. The van der Waals surface area contributed by atoms with Gasteiger partial charge in [0.2, 0.25) is 0 Å². The Morgan fingerprint density at radius 3 is 2.80 bits per heavy atom. The van der Waals surface area contributed by atoms with E-state index < -0.39 is 0 Å². The van der Waals surface area contributed by atoms with Crippen LogP contribution in [-0.4, -0.2) is 4.98 Å². The molecule has 0 aliphatic carbocycles. The second-order valence-electron chi connectivity index (χ2n) is 4.69. The summed E-state index contributed by atoms with van der Waals surface area (Å²) in [6.07, 6.45) is 2.03. The molecule has 0 aliphatic heterocycles. The third-order valence-electron chi connectivity index (χ3n) is 3.49. The van der Waals surface area contributed by atoms with Gasteiger partial charge in [0.1, 0.15) is 0 Å². The lowest BCUT2D eigenvalue weighted by molar-refractivity contribution is 1.48. The van der Waals surface area contributed by atoms with E-state index in [1.807, 2.05) is 24.4 Å². The van der Waals surface area contributed by atoms with E-state index in [4.69, 9.17) is 6.57 Å². The number of nitrogens with zero attached hydrogens (tertiary/aromatic N) is 1. The maximum Gasteiger partial charge on any atom is 0.188 e. The van der Waals surface area contributed by atoms with Crippen LogP contribution in [0.1, 0.15) is 0 Å². The molecule has 2 aromatic carbocycles. The van der Waals surface area contributed by atoms with E-state index in [1.54, 1.807) is 11.3 Å². The lowest BCUT2D eigenvalue weighted by atomic mass is 10.1. The van der Waals surface area contributed by atoms with Gasteiger partial charge in [0.05, 0.1) is 6.57 Å². The second-order valence-corrected chi connectivity index (χ2v) is 5.78. The number of fused-ring (bicyclic) bond motifs is 2. The smallest absolute Gasteiger partial charge is 0.188 e. The van der Waals surface area contributed by atoms with Crippen molar-refractivity contribution >= 4 is 38.0 Å². The van der Waals surface area contributed by atoms with E-state index in [0.29, 0.717) is 5.69 Å². The number of aromatic amines is 1. The van der Waals surface area contributed by atoms with Crippen molar-refractivity contribution in [2.75, 3.05) is 0 Å². The van der Waals surface area contributed by atoms with Crippen LogP contribution in [0.5, 0.6) is 0 Å². The van der Waals surface area contributed by atoms with Crippen LogP contribution >= 0.6 is 11.3 Å². The first-order valence-electron chi connectivity index (χ1n) is 6.33. The van der Waals surface area contributed by atoms with Crippen LogP contribution in [0, 0.1) is 6.57 Å². The molecule has 1 N–H and O–H groups in total. The first kappa shape index (κ1) is 11.3. The zero-order valence-electron chi connectivity index (χ0n) is 10.6. The van der Waals surface area contributed by atoms with Crippen molar-refractivity contribution in [2.45, 2.75) is 0 Å². The van der Waals surface area contributed by atoms with Gasteiger partial charge in [0.25, 0.3) is 0 Å². The predicted octanol–water partition coefficient (Wildman–Crippen LogP) is 5.60. The Morgan fingerprint density at radius 1 is 1.05 bits per heavy atom. The molecule has 0 fully saturated rings. The number of nitrogens with one attached hydrogen (secondary N) is 1. The maximum atomic E-state index is 7.15. The Morgan fingerprint density at radius 2 is 1.95 bits per heavy atom. The van der Waals surface area contributed by atoms with E-state index in [0.717, 1.165) is 10.9 Å². The average molecular weight is 274 g/mol. The number of hydrogen-bond acceptors (Lipinski definition) is 1. The van der Waals surface area contributed by atoms with Crippen molar-refractivity contribution in [2.24, 2.45) is 0 Å². The Hall–Kier alpha value is -2.57. The lowest BCUT2D eigenvalue weighted by Gasteiger charge is -1.95. The molecular weight excluding hydrogens is 264 g/mol. The molecule has 2 nitrogen and oxygen atoms in total. The van der Waals surface area contributed by atoms with E-state index >= 15 is 0 Å². The molecular formula is C17H10N2S. The highest BCUT2D eigenvalue weighted by Crippen LogP contribution is 2.38. The van der Waals surface area contributed by atoms with Crippen LogP contribution in [0.3, 0.4) is 0 Å². The first-order valence-corrected chi connectivity index (χ1v) is 7.14. The van der Waals surface area contributed by atoms with Gasteiger partial charge in [-0.05, 0) is 35.0 Å². The van der Waals surface area contributed by atoms with E-state index in [9.17, 15) is 0 Å². The zero-order valence-corrected chi connectivity index (χ0v) is 11.4. The molecule has 20 heavy (non-hydrogen) atoms. The van der Waals surface area contributed by atoms with Gasteiger partial charge in [0.15, 0.2) is 5.69 Å². The standard InChI is InChI=1S/C17H10N2S/c1-18-12-6-7-15-13(9-12)14(10-19-15)17-8-11-4-2-3-5-16(11)20-17/h2-10,19H. The highest BCUT2D eigenvalue weighted by Gasteiger charge is 2.09. The normalized spacial score (nSPS) is 10.9. The molecule has 0 saturated heterocycles. The summed E-state index contributed by atoms with van der Waals surface area (Å²) in [5, 5.41) is 2.38. The lowest BCUT2D eigenvalue weighted by Crippen LogP contribution is -1.69. The summed E-state index contributed by atoms with van der Waals surface area (Å²) in [6.45, 7) is 7.15. The first-order chi connectivity index (χ1) is 9.85. The second kappa shape index (κ2) is 4.22. The molecule has 0 bridgehead atoms. The Balaban J connectivity index is 1.99. The van der Waals surface area contributed by atoms with Crippen molar-refractivity contribution in [1.82, 2.24) is 4.98 Å². The number of rotatable bonds is 1. The third kappa shape index (κ3) is 1.63. The molecule has 0 aliphatic rings.